The number of halogens is 3. The average Bonchev–Trinajstić information content (AvgIpc) is 3.12. The molecule has 0 saturated carbocycles. The Kier molecular flexibility index (Phi) is 8.56. The van der Waals surface area contributed by atoms with Crippen molar-refractivity contribution in [3.63, 3.8) is 0 Å². The van der Waals surface area contributed by atoms with Crippen LogP contribution in [0.2, 0.25) is 5.02 Å². The minimum Gasteiger partial charge on any atom is -0.493 e. The number of ether oxygens (including phenoxy) is 3. The van der Waals surface area contributed by atoms with Crippen LogP contribution in [0.4, 0.5) is 9.18 Å². The van der Waals surface area contributed by atoms with Gasteiger partial charge in [-0.15, -0.1) is 0 Å². The van der Waals surface area contributed by atoms with Crippen LogP contribution in [-0.4, -0.2) is 36.3 Å². The van der Waals surface area contributed by atoms with Crippen LogP contribution in [0.1, 0.15) is 11.1 Å². The highest BCUT2D eigenvalue weighted by Crippen LogP contribution is 2.39. The van der Waals surface area contributed by atoms with Crippen molar-refractivity contribution in [2.75, 3.05) is 20.3 Å². The van der Waals surface area contributed by atoms with E-state index in [0.717, 1.165) is 22.2 Å². The first-order valence-corrected chi connectivity index (χ1v) is 12.7. The number of carbonyl (C=O) groups is 2. The highest BCUT2D eigenvalue weighted by atomic mass is 79.9. The molecule has 1 fully saturated rings. The van der Waals surface area contributed by atoms with Crippen LogP contribution in [0.25, 0.3) is 6.08 Å². The molecular formula is C26H20BrClFNO5S. The Morgan fingerprint density at radius 2 is 1.83 bits per heavy atom. The Labute approximate surface area is 225 Å². The van der Waals surface area contributed by atoms with Crippen molar-refractivity contribution in [1.82, 2.24) is 4.90 Å². The van der Waals surface area contributed by atoms with E-state index in [2.05, 4.69) is 15.9 Å². The molecule has 0 unspecified atom stereocenters. The standard InChI is InChI=1S/C26H20BrClFNO5S/c1-33-22-13-16(12-20(27)24(22)35-15-17-4-2-3-5-21(17)28)14-23-25(31)30(26(32)36-23)10-11-34-19-8-6-18(29)7-9-19/h2-9,12-14H,10-11,15H2,1H3/b23-14-. The van der Waals surface area contributed by atoms with Crippen LogP contribution in [-0.2, 0) is 11.4 Å². The maximum absolute atomic E-state index is 13.0. The molecule has 4 rings (SSSR count). The molecule has 3 aromatic carbocycles. The van der Waals surface area contributed by atoms with Crippen molar-refractivity contribution in [2.24, 2.45) is 0 Å². The van der Waals surface area contributed by atoms with Gasteiger partial charge < -0.3 is 14.2 Å². The third-order valence-electron chi connectivity index (χ3n) is 5.15. The molecule has 1 aliphatic heterocycles. The number of rotatable bonds is 9. The molecule has 1 saturated heterocycles. The quantitative estimate of drug-likeness (QED) is 0.251. The summed E-state index contributed by atoms with van der Waals surface area (Å²) in [5.74, 6) is 0.603. The molecule has 10 heteroatoms. The monoisotopic (exact) mass is 591 g/mol. The van der Waals surface area contributed by atoms with Crippen molar-refractivity contribution in [3.8, 4) is 17.2 Å². The Hall–Kier alpha value is -3.01. The van der Waals surface area contributed by atoms with Crippen LogP contribution in [0.5, 0.6) is 17.2 Å². The van der Waals surface area contributed by atoms with Gasteiger partial charge >= 0.3 is 0 Å². The Balaban J connectivity index is 1.44. The molecule has 1 aliphatic rings. The molecule has 36 heavy (non-hydrogen) atoms. The van der Waals surface area contributed by atoms with Gasteiger partial charge in [0.05, 0.1) is 23.0 Å². The predicted octanol–water partition coefficient (Wildman–Crippen LogP) is 6.94. The maximum atomic E-state index is 13.0. The van der Waals surface area contributed by atoms with Gasteiger partial charge in [-0.2, -0.15) is 0 Å². The van der Waals surface area contributed by atoms with Crippen LogP contribution >= 0.6 is 39.3 Å². The van der Waals surface area contributed by atoms with E-state index in [0.29, 0.717) is 32.3 Å². The summed E-state index contributed by atoms with van der Waals surface area (Å²) in [5, 5.41) is 0.211. The van der Waals surface area contributed by atoms with Crippen molar-refractivity contribution < 1.29 is 28.2 Å². The zero-order valence-electron chi connectivity index (χ0n) is 19.0. The molecule has 0 radical (unpaired) electrons. The number of amides is 2. The normalized spacial score (nSPS) is 14.4. The van der Waals surface area contributed by atoms with Gasteiger partial charge in [-0.05, 0) is 81.8 Å². The molecule has 6 nitrogen and oxygen atoms in total. The minimum absolute atomic E-state index is 0.0707. The van der Waals surface area contributed by atoms with Crippen molar-refractivity contribution in [1.29, 1.82) is 0 Å². The first-order chi connectivity index (χ1) is 17.4. The van der Waals surface area contributed by atoms with Crippen molar-refractivity contribution in [3.05, 3.63) is 92.0 Å². The second-order valence-corrected chi connectivity index (χ2v) is 9.80. The van der Waals surface area contributed by atoms with E-state index >= 15 is 0 Å². The van der Waals surface area contributed by atoms with Crippen LogP contribution in [0.3, 0.4) is 0 Å². The summed E-state index contributed by atoms with van der Waals surface area (Å²) in [6.45, 7) is 0.405. The summed E-state index contributed by atoms with van der Waals surface area (Å²) in [6, 6.07) is 16.4. The molecule has 0 atom stereocenters. The summed E-state index contributed by atoms with van der Waals surface area (Å²) < 4.78 is 30.6. The molecule has 186 valence electrons. The molecule has 2 amide bonds. The van der Waals surface area contributed by atoms with Gasteiger partial charge in [-0.3, -0.25) is 14.5 Å². The highest BCUT2D eigenvalue weighted by molar-refractivity contribution is 9.10. The predicted molar refractivity (Wildman–Crippen MR) is 141 cm³/mol. The SMILES string of the molecule is COc1cc(/C=C2\SC(=O)N(CCOc3ccc(F)cc3)C2=O)cc(Br)c1OCc1ccccc1Cl. The second kappa shape index (κ2) is 11.8. The third kappa shape index (κ3) is 6.21. The topological polar surface area (TPSA) is 65.1 Å². The van der Waals surface area contributed by atoms with Gasteiger partial charge in [0.25, 0.3) is 11.1 Å². The lowest BCUT2D eigenvalue weighted by Gasteiger charge is -2.14. The minimum atomic E-state index is -0.415. The molecule has 0 aliphatic carbocycles. The Bertz CT molecular complexity index is 1320. The zero-order chi connectivity index (χ0) is 25.7. The van der Waals surface area contributed by atoms with E-state index in [1.807, 2.05) is 18.2 Å². The van der Waals surface area contributed by atoms with Gasteiger partial charge in [0.15, 0.2) is 11.5 Å². The van der Waals surface area contributed by atoms with Crippen molar-refractivity contribution in [2.45, 2.75) is 6.61 Å². The number of carbonyl (C=O) groups excluding carboxylic acids is 2. The number of hydrogen-bond acceptors (Lipinski definition) is 6. The van der Waals surface area contributed by atoms with E-state index in [1.165, 1.54) is 31.4 Å². The van der Waals surface area contributed by atoms with Crippen LogP contribution in [0, 0.1) is 5.82 Å². The molecule has 0 bridgehead atoms. The van der Waals surface area contributed by atoms with E-state index in [9.17, 15) is 14.0 Å². The van der Waals surface area contributed by atoms with E-state index in [1.54, 1.807) is 24.3 Å². The average molecular weight is 593 g/mol. The van der Waals surface area contributed by atoms with Gasteiger partial charge in [0.2, 0.25) is 0 Å². The summed E-state index contributed by atoms with van der Waals surface area (Å²) in [4.78, 5) is 26.7. The van der Waals surface area contributed by atoms with Gasteiger partial charge in [-0.1, -0.05) is 29.8 Å². The van der Waals surface area contributed by atoms with Gasteiger partial charge in [0, 0.05) is 10.6 Å². The fraction of sp³-hybridized carbons (Fsp3) is 0.154. The molecule has 0 aromatic heterocycles. The fourth-order valence-electron chi connectivity index (χ4n) is 3.36. The van der Waals surface area contributed by atoms with Gasteiger partial charge in [0.1, 0.15) is 24.8 Å². The first kappa shape index (κ1) is 26.1. The lowest BCUT2D eigenvalue weighted by Crippen LogP contribution is -2.32. The second-order valence-electron chi connectivity index (χ2n) is 7.55. The number of methoxy groups -OCH3 is 1. The smallest absolute Gasteiger partial charge is 0.293 e. The van der Waals surface area contributed by atoms with Crippen molar-refractivity contribution >= 4 is 56.5 Å². The lowest BCUT2D eigenvalue weighted by atomic mass is 10.1. The number of nitrogens with zero attached hydrogens (tertiary/aromatic N) is 1. The number of thioether (sulfide) groups is 1. The molecule has 3 aromatic rings. The third-order valence-corrected chi connectivity index (χ3v) is 7.02. The van der Waals surface area contributed by atoms with Crippen LogP contribution < -0.4 is 14.2 Å². The number of benzene rings is 3. The summed E-state index contributed by atoms with van der Waals surface area (Å²) in [5.41, 5.74) is 1.48. The van der Waals surface area contributed by atoms with E-state index < -0.39 is 5.91 Å². The molecule has 1 heterocycles. The maximum Gasteiger partial charge on any atom is 0.293 e. The Morgan fingerprint density at radius 1 is 1.08 bits per heavy atom. The molecule has 0 N–H and O–H groups in total. The largest absolute Gasteiger partial charge is 0.493 e. The summed E-state index contributed by atoms with van der Waals surface area (Å²) >= 11 is 10.6. The van der Waals surface area contributed by atoms with E-state index in [4.69, 9.17) is 25.8 Å². The number of hydrogen-bond donors (Lipinski definition) is 0. The van der Waals surface area contributed by atoms with Crippen LogP contribution in [0.15, 0.2) is 70.0 Å². The first-order valence-electron chi connectivity index (χ1n) is 10.7. The molecular weight excluding hydrogens is 573 g/mol. The van der Waals surface area contributed by atoms with E-state index in [-0.39, 0.29) is 35.7 Å². The summed E-state index contributed by atoms with van der Waals surface area (Å²) in [6.07, 6.45) is 1.62. The Morgan fingerprint density at radius 3 is 2.56 bits per heavy atom. The van der Waals surface area contributed by atoms with Gasteiger partial charge in [-0.25, -0.2) is 4.39 Å². The fourth-order valence-corrected chi connectivity index (χ4v) is 4.99. The molecule has 0 spiro atoms. The number of imide groups is 1. The lowest BCUT2D eigenvalue weighted by molar-refractivity contribution is -0.123. The summed E-state index contributed by atoms with van der Waals surface area (Å²) in [7, 11) is 1.52. The zero-order valence-corrected chi connectivity index (χ0v) is 22.2. The highest BCUT2D eigenvalue weighted by Gasteiger charge is 2.35.